The lowest BCUT2D eigenvalue weighted by molar-refractivity contribution is 0.470. The minimum Gasteiger partial charge on any atom is -0.451 e. The second kappa shape index (κ2) is 6.17. The van der Waals surface area contributed by atoms with E-state index in [0.717, 1.165) is 0 Å². The molecule has 2 N–H and O–H groups in total. The Morgan fingerprint density at radius 3 is 2.67 bits per heavy atom. The van der Waals surface area contributed by atoms with Crippen LogP contribution in [0.15, 0.2) is 38.2 Å². The lowest BCUT2D eigenvalue weighted by Gasteiger charge is -2.08. The summed E-state index contributed by atoms with van der Waals surface area (Å²) in [4.78, 5) is -0.0762. The summed E-state index contributed by atoms with van der Waals surface area (Å²) >= 11 is 3.06. The van der Waals surface area contributed by atoms with Crippen molar-refractivity contribution in [3.05, 3.63) is 46.1 Å². The number of hydrogen-bond donors (Lipinski definition) is 2. The van der Waals surface area contributed by atoms with Crippen molar-refractivity contribution in [1.82, 2.24) is 5.32 Å². The largest absolute Gasteiger partial charge is 0.451 e. The van der Waals surface area contributed by atoms with E-state index in [-0.39, 0.29) is 15.3 Å². The summed E-state index contributed by atoms with van der Waals surface area (Å²) in [5.41, 5.74) is 0.597. The Labute approximate surface area is 130 Å². The Bertz CT molecular complexity index is 759. The van der Waals surface area contributed by atoms with Gasteiger partial charge in [-0.25, -0.2) is 12.8 Å². The van der Waals surface area contributed by atoms with Crippen LogP contribution >= 0.6 is 15.9 Å². The molecule has 0 bridgehead atoms. The summed E-state index contributed by atoms with van der Waals surface area (Å²) < 4.78 is 45.9. The minimum atomic E-state index is -3.94. The van der Waals surface area contributed by atoms with Crippen molar-refractivity contribution in [3.8, 4) is 0 Å². The average molecular weight is 377 g/mol. The lowest BCUT2D eigenvalue weighted by Crippen LogP contribution is -2.14. The minimum absolute atomic E-state index is 0.0762. The first-order valence-corrected chi connectivity index (χ1v) is 8.33. The fourth-order valence-electron chi connectivity index (χ4n) is 1.75. The lowest BCUT2D eigenvalue weighted by atomic mass is 10.2. The van der Waals surface area contributed by atoms with Gasteiger partial charge in [-0.2, -0.15) is 0 Å². The van der Waals surface area contributed by atoms with E-state index in [1.165, 1.54) is 18.2 Å². The van der Waals surface area contributed by atoms with Crippen LogP contribution in [0.5, 0.6) is 0 Å². The topological polar surface area (TPSA) is 71.3 Å². The highest BCUT2D eigenvalue weighted by Gasteiger charge is 2.23. The third kappa shape index (κ3) is 3.63. The molecule has 0 amide bonds. The Hall–Kier alpha value is -1.38. The molecule has 1 aromatic carbocycles. The van der Waals surface area contributed by atoms with Crippen LogP contribution in [0.25, 0.3) is 0 Å². The number of sulfonamides is 1. The van der Waals surface area contributed by atoms with E-state index in [1.54, 1.807) is 20.0 Å². The molecule has 0 radical (unpaired) electrons. The van der Waals surface area contributed by atoms with Gasteiger partial charge in [0.2, 0.25) is 0 Å². The molecule has 114 valence electrons. The van der Waals surface area contributed by atoms with Crippen LogP contribution in [0.1, 0.15) is 11.3 Å². The first-order chi connectivity index (χ1) is 9.83. The van der Waals surface area contributed by atoms with Crippen LogP contribution in [0.4, 0.5) is 10.1 Å². The Morgan fingerprint density at radius 2 is 2.05 bits per heavy atom. The third-order valence-corrected chi connectivity index (χ3v) is 4.94. The van der Waals surface area contributed by atoms with E-state index in [9.17, 15) is 12.8 Å². The summed E-state index contributed by atoms with van der Waals surface area (Å²) in [5.74, 6) is -0.178. The van der Waals surface area contributed by atoms with Gasteiger partial charge in [0.25, 0.3) is 10.0 Å². The molecule has 0 unspecified atom stereocenters. The molecule has 0 aliphatic carbocycles. The van der Waals surface area contributed by atoms with Crippen LogP contribution in [0.2, 0.25) is 0 Å². The van der Waals surface area contributed by atoms with Gasteiger partial charge in [0.1, 0.15) is 16.5 Å². The van der Waals surface area contributed by atoms with Crippen LogP contribution in [-0.2, 0) is 16.6 Å². The molecule has 0 aliphatic heterocycles. The number of furan rings is 1. The molecular weight excluding hydrogens is 363 g/mol. The van der Waals surface area contributed by atoms with Gasteiger partial charge in [-0.1, -0.05) is 6.07 Å². The highest BCUT2D eigenvalue weighted by molar-refractivity contribution is 9.10. The number of anilines is 1. The normalized spacial score (nSPS) is 11.6. The van der Waals surface area contributed by atoms with E-state index < -0.39 is 15.8 Å². The van der Waals surface area contributed by atoms with Crippen LogP contribution in [0, 0.1) is 12.7 Å². The number of benzene rings is 1. The predicted octanol–water partition coefficient (Wildman–Crippen LogP) is 3.01. The molecule has 0 saturated heterocycles. The Kier molecular flexibility index (Phi) is 4.70. The Morgan fingerprint density at radius 1 is 1.33 bits per heavy atom. The van der Waals surface area contributed by atoms with Crippen molar-refractivity contribution in [1.29, 1.82) is 0 Å². The molecule has 1 aromatic heterocycles. The molecule has 2 aromatic rings. The van der Waals surface area contributed by atoms with Crippen LogP contribution in [-0.4, -0.2) is 15.5 Å². The number of aryl methyl sites for hydroxylation is 1. The number of rotatable bonds is 5. The molecule has 8 heteroatoms. The fraction of sp³-hybridized carbons (Fsp3) is 0.231. The van der Waals surface area contributed by atoms with E-state index >= 15 is 0 Å². The molecule has 0 aliphatic rings. The first-order valence-electron chi connectivity index (χ1n) is 6.05. The zero-order chi connectivity index (χ0) is 15.6. The highest BCUT2D eigenvalue weighted by Crippen LogP contribution is 2.28. The maximum atomic E-state index is 13.8. The maximum absolute atomic E-state index is 13.8. The van der Waals surface area contributed by atoms with Crippen molar-refractivity contribution < 1.29 is 17.2 Å². The summed E-state index contributed by atoms with van der Waals surface area (Å²) in [7, 11) is -2.22. The van der Waals surface area contributed by atoms with E-state index in [0.29, 0.717) is 17.9 Å². The van der Waals surface area contributed by atoms with E-state index in [2.05, 4.69) is 26.0 Å². The summed E-state index contributed by atoms with van der Waals surface area (Å²) in [6.07, 6.45) is 0. The number of hydrogen-bond acceptors (Lipinski definition) is 4. The summed E-state index contributed by atoms with van der Waals surface area (Å²) in [6, 6.07) is 5.65. The second-order valence-electron chi connectivity index (χ2n) is 4.47. The molecule has 0 fully saturated rings. The van der Waals surface area contributed by atoms with Crippen molar-refractivity contribution in [3.63, 3.8) is 0 Å². The van der Waals surface area contributed by atoms with Gasteiger partial charge in [-0.15, -0.1) is 0 Å². The van der Waals surface area contributed by atoms with Crippen LogP contribution < -0.4 is 10.0 Å². The smallest absolute Gasteiger partial charge is 0.266 e. The van der Waals surface area contributed by atoms with Crippen molar-refractivity contribution in [2.24, 2.45) is 0 Å². The van der Waals surface area contributed by atoms with Crippen molar-refractivity contribution >= 4 is 31.6 Å². The zero-order valence-corrected chi connectivity index (χ0v) is 13.8. The summed E-state index contributed by atoms with van der Waals surface area (Å²) in [6.45, 7) is 2.10. The fourth-order valence-corrected chi connectivity index (χ4v) is 3.81. The van der Waals surface area contributed by atoms with Gasteiger partial charge >= 0.3 is 0 Å². The second-order valence-corrected chi connectivity index (χ2v) is 6.84. The SMILES string of the molecule is CNCc1cc(S(=O)(=O)Nc2ccc(C)cc2F)c(Br)o1. The van der Waals surface area contributed by atoms with Gasteiger partial charge in [0, 0.05) is 6.07 Å². The summed E-state index contributed by atoms with van der Waals surface area (Å²) in [5, 5.41) is 2.85. The van der Waals surface area contributed by atoms with Gasteiger partial charge in [-0.05, 0) is 47.6 Å². The van der Waals surface area contributed by atoms with Crippen molar-refractivity contribution in [2.75, 3.05) is 11.8 Å². The zero-order valence-electron chi connectivity index (χ0n) is 11.4. The highest BCUT2D eigenvalue weighted by atomic mass is 79.9. The van der Waals surface area contributed by atoms with Crippen molar-refractivity contribution in [2.45, 2.75) is 18.4 Å². The van der Waals surface area contributed by atoms with E-state index in [4.69, 9.17) is 4.42 Å². The van der Waals surface area contributed by atoms with E-state index in [1.807, 2.05) is 0 Å². The average Bonchev–Trinajstić information content (AvgIpc) is 2.75. The quantitative estimate of drug-likeness (QED) is 0.841. The molecule has 0 spiro atoms. The maximum Gasteiger partial charge on any atom is 0.266 e. The molecule has 1 heterocycles. The van der Waals surface area contributed by atoms with Gasteiger partial charge in [-0.3, -0.25) is 4.72 Å². The molecule has 0 atom stereocenters. The number of nitrogens with one attached hydrogen (secondary N) is 2. The van der Waals surface area contributed by atoms with Gasteiger partial charge in [0.15, 0.2) is 4.67 Å². The predicted molar refractivity (Wildman–Crippen MR) is 81.1 cm³/mol. The molecule has 0 saturated carbocycles. The molecule has 21 heavy (non-hydrogen) atoms. The van der Waals surface area contributed by atoms with Gasteiger partial charge in [0.05, 0.1) is 12.2 Å². The molecule has 2 rings (SSSR count). The Balaban J connectivity index is 2.34. The number of halogens is 2. The molecular formula is C13H14BrFN2O3S. The van der Waals surface area contributed by atoms with Crippen LogP contribution in [0.3, 0.4) is 0 Å². The standard InChI is InChI=1S/C13H14BrFN2O3S/c1-8-3-4-11(10(15)5-8)17-21(18,19)12-6-9(7-16-2)20-13(12)14/h3-6,16-17H,7H2,1-2H3. The first kappa shape index (κ1) is 16.0. The van der Waals surface area contributed by atoms with Gasteiger partial charge < -0.3 is 9.73 Å². The monoisotopic (exact) mass is 376 g/mol. The molecule has 5 nitrogen and oxygen atoms in total. The third-order valence-electron chi connectivity index (χ3n) is 2.72.